The van der Waals surface area contributed by atoms with Crippen molar-refractivity contribution in [2.24, 2.45) is 7.05 Å². The first-order valence-corrected chi connectivity index (χ1v) is 11.6. The number of carbonyl (C=O) groups is 1. The van der Waals surface area contributed by atoms with Crippen molar-refractivity contribution < 1.29 is 9.21 Å². The summed E-state index contributed by atoms with van der Waals surface area (Å²) in [7, 11) is 1.82. The summed E-state index contributed by atoms with van der Waals surface area (Å²) >= 11 is 0. The molecule has 1 amide bonds. The summed E-state index contributed by atoms with van der Waals surface area (Å²) in [5.74, 6) is 1.40. The van der Waals surface area contributed by atoms with Crippen LogP contribution in [0.5, 0.6) is 0 Å². The van der Waals surface area contributed by atoms with Gasteiger partial charge in [-0.25, -0.2) is 9.97 Å². The van der Waals surface area contributed by atoms with Crippen LogP contribution in [0.15, 0.2) is 47.2 Å². The minimum atomic E-state index is -0.184. The Labute approximate surface area is 198 Å². The number of carbonyl (C=O) groups excluding carboxylic acids is 1. The maximum absolute atomic E-state index is 13.2. The van der Waals surface area contributed by atoms with E-state index in [1.807, 2.05) is 38.4 Å². The molecule has 1 fully saturated rings. The lowest BCUT2D eigenvalue weighted by Gasteiger charge is -2.34. The molecule has 176 valence electrons. The van der Waals surface area contributed by atoms with Crippen LogP contribution in [-0.2, 0) is 13.6 Å². The van der Waals surface area contributed by atoms with Crippen LogP contribution >= 0.6 is 0 Å². The second-order valence-electron chi connectivity index (χ2n) is 8.57. The number of piperazine rings is 1. The first kappa shape index (κ1) is 22.1. The minimum absolute atomic E-state index is 0.184. The normalized spacial score (nSPS) is 14.6. The highest BCUT2D eigenvalue weighted by atomic mass is 16.3. The number of hydrogen-bond donors (Lipinski definition) is 1. The van der Waals surface area contributed by atoms with Crippen molar-refractivity contribution >= 4 is 22.8 Å². The number of anilines is 1. The van der Waals surface area contributed by atoms with Gasteiger partial charge in [0.1, 0.15) is 11.5 Å². The van der Waals surface area contributed by atoms with E-state index in [9.17, 15) is 4.79 Å². The maximum atomic E-state index is 13.2. The molecule has 9 nitrogen and oxygen atoms in total. The lowest BCUT2D eigenvalue weighted by Crippen LogP contribution is -2.46. The molecule has 0 unspecified atom stereocenters. The molecule has 0 bridgehead atoms. The first-order valence-electron chi connectivity index (χ1n) is 11.6. The average molecular weight is 460 g/mol. The summed E-state index contributed by atoms with van der Waals surface area (Å²) in [5.41, 5.74) is 3.48. The predicted molar refractivity (Wildman–Crippen MR) is 131 cm³/mol. The zero-order chi connectivity index (χ0) is 23.7. The van der Waals surface area contributed by atoms with Crippen LogP contribution in [0, 0.1) is 6.92 Å². The van der Waals surface area contributed by atoms with E-state index in [1.165, 1.54) is 0 Å². The lowest BCUT2D eigenvalue weighted by atomic mass is 10.1. The van der Waals surface area contributed by atoms with Crippen molar-refractivity contribution in [1.82, 2.24) is 30.0 Å². The van der Waals surface area contributed by atoms with Gasteiger partial charge in [-0.15, -0.1) is 0 Å². The van der Waals surface area contributed by atoms with E-state index in [0.29, 0.717) is 29.2 Å². The van der Waals surface area contributed by atoms with Gasteiger partial charge in [-0.1, -0.05) is 13.0 Å². The molecule has 0 spiro atoms. The number of likely N-dealkylation sites (N-methyl/N-ethyl adjacent to an activating group) is 1. The predicted octanol–water partition coefficient (Wildman–Crippen LogP) is 3.00. The smallest absolute Gasteiger partial charge is 0.252 e. The number of aromatic nitrogens is 4. The van der Waals surface area contributed by atoms with Gasteiger partial charge in [0.05, 0.1) is 22.9 Å². The summed E-state index contributed by atoms with van der Waals surface area (Å²) in [4.78, 5) is 27.3. The number of aryl methyl sites for hydroxylation is 2. The van der Waals surface area contributed by atoms with E-state index in [4.69, 9.17) is 4.42 Å². The molecule has 5 rings (SSSR count). The standard InChI is InChI=1S/C25H29N7O2/c1-4-31-9-11-32(12-10-31)22-8-7-18(15-26-22)16-27-25(33)19-14-20(21-6-5-13-34-21)28-24-23(19)17(2)29-30(24)3/h5-8,13-15H,4,9-12,16H2,1-3H3,(H,27,33). The van der Waals surface area contributed by atoms with Gasteiger partial charge in [0.2, 0.25) is 0 Å². The number of nitrogens with zero attached hydrogens (tertiary/aromatic N) is 6. The Morgan fingerprint density at radius 2 is 2.00 bits per heavy atom. The third kappa shape index (κ3) is 4.26. The van der Waals surface area contributed by atoms with E-state index in [0.717, 1.165) is 55.2 Å². The Bertz CT molecular complexity index is 1290. The highest BCUT2D eigenvalue weighted by Crippen LogP contribution is 2.27. The van der Waals surface area contributed by atoms with Crippen LogP contribution in [0.25, 0.3) is 22.5 Å². The molecule has 5 heterocycles. The van der Waals surface area contributed by atoms with Crippen molar-refractivity contribution in [3.05, 3.63) is 59.6 Å². The van der Waals surface area contributed by atoms with E-state index >= 15 is 0 Å². The number of pyridine rings is 2. The second kappa shape index (κ2) is 9.26. The number of hydrogen-bond acceptors (Lipinski definition) is 7. The second-order valence-corrected chi connectivity index (χ2v) is 8.57. The number of nitrogens with one attached hydrogen (secondary N) is 1. The third-order valence-electron chi connectivity index (χ3n) is 6.39. The van der Waals surface area contributed by atoms with Crippen LogP contribution in [-0.4, -0.2) is 63.3 Å². The Kier molecular flexibility index (Phi) is 6.02. The fourth-order valence-corrected chi connectivity index (χ4v) is 4.45. The number of furan rings is 1. The largest absolute Gasteiger partial charge is 0.463 e. The molecule has 1 aliphatic heterocycles. The summed E-state index contributed by atoms with van der Waals surface area (Å²) < 4.78 is 7.21. The molecule has 1 saturated heterocycles. The Balaban J connectivity index is 1.32. The Morgan fingerprint density at radius 1 is 1.18 bits per heavy atom. The molecule has 0 atom stereocenters. The molecule has 0 radical (unpaired) electrons. The fourth-order valence-electron chi connectivity index (χ4n) is 4.45. The summed E-state index contributed by atoms with van der Waals surface area (Å²) in [6, 6.07) is 9.46. The fraction of sp³-hybridized carbons (Fsp3) is 0.360. The average Bonchev–Trinajstić information content (AvgIpc) is 3.51. The molecule has 34 heavy (non-hydrogen) atoms. The van der Waals surface area contributed by atoms with E-state index in [2.05, 4.69) is 37.1 Å². The van der Waals surface area contributed by atoms with Crippen molar-refractivity contribution in [2.75, 3.05) is 37.6 Å². The van der Waals surface area contributed by atoms with Crippen molar-refractivity contribution in [3.8, 4) is 11.5 Å². The number of fused-ring (bicyclic) bond motifs is 1. The molecule has 1 N–H and O–H groups in total. The third-order valence-corrected chi connectivity index (χ3v) is 6.39. The van der Waals surface area contributed by atoms with Crippen LogP contribution in [0.3, 0.4) is 0 Å². The molecule has 4 aromatic rings. The molecular formula is C25H29N7O2. The topological polar surface area (TPSA) is 92.3 Å². The van der Waals surface area contributed by atoms with Gasteiger partial charge >= 0.3 is 0 Å². The monoisotopic (exact) mass is 459 g/mol. The van der Waals surface area contributed by atoms with Gasteiger partial charge in [-0.3, -0.25) is 9.48 Å². The molecular weight excluding hydrogens is 430 g/mol. The lowest BCUT2D eigenvalue weighted by molar-refractivity contribution is 0.0952. The van der Waals surface area contributed by atoms with E-state index < -0.39 is 0 Å². The van der Waals surface area contributed by atoms with Gasteiger partial charge < -0.3 is 19.5 Å². The van der Waals surface area contributed by atoms with Gasteiger partial charge in [0.15, 0.2) is 11.4 Å². The number of rotatable bonds is 6. The molecule has 0 aromatic carbocycles. The van der Waals surface area contributed by atoms with Crippen LogP contribution < -0.4 is 10.2 Å². The van der Waals surface area contributed by atoms with Crippen molar-refractivity contribution in [2.45, 2.75) is 20.4 Å². The zero-order valence-corrected chi connectivity index (χ0v) is 19.8. The summed E-state index contributed by atoms with van der Waals surface area (Å²) in [5, 5.41) is 8.24. The Hall–Kier alpha value is -3.72. The van der Waals surface area contributed by atoms with Gasteiger partial charge in [0.25, 0.3) is 5.91 Å². The highest BCUT2D eigenvalue weighted by molar-refractivity contribution is 6.07. The van der Waals surface area contributed by atoms with Gasteiger partial charge in [0, 0.05) is 46.0 Å². The summed E-state index contributed by atoms with van der Waals surface area (Å²) in [6.45, 7) is 9.64. The SMILES string of the molecule is CCN1CCN(c2ccc(CNC(=O)c3cc(-c4ccco4)nc4c3c(C)nn4C)cn2)CC1. The van der Waals surface area contributed by atoms with Crippen molar-refractivity contribution in [1.29, 1.82) is 0 Å². The molecule has 1 aliphatic rings. The van der Waals surface area contributed by atoms with E-state index in [-0.39, 0.29) is 5.91 Å². The number of amides is 1. The maximum Gasteiger partial charge on any atom is 0.252 e. The van der Waals surface area contributed by atoms with E-state index in [1.54, 1.807) is 23.1 Å². The first-order chi connectivity index (χ1) is 16.5. The highest BCUT2D eigenvalue weighted by Gasteiger charge is 2.20. The summed E-state index contributed by atoms with van der Waals surface area (Å²) in [6.07, 6.45) is 3.43. The van der Waals surface area contributed by atoms with Gasteiger partial charge in [-0.2, -0.15) is 5.10 Å². The van der Waals surface area contributed by atoms with Crippen LogP contribution in [0.2, 0.25) is 0 Å². The molecule has 0 aliphatic carbocycles. The minimum Gasteiger partial charge on any atom is -0.463 e. The quantitative estimate of drug-likeness (QED) is 0.474. The molecule has 4 aromatic heterocycles. The Morgan fingerprint density at radius 3 is 2.68 bits per heavy atom. The van der Waals surface area contributed by atoms with Crippen LogP contribution in [0.1, 0.15) is 28.5 Å². The molecule has 0 saturated carbocycles. The zero-order valence-electron chi connectivity index (χ0n) is 19.8. The molecule has 9 heteroatoms. The van der Waals surface area contributed by atoms with Gasteiger partial charge in [-0.05, 0) is 43.3 Å². The van der Waals surface area contributed by atoms with Crippen LogP contribution in [0.4, 0.5) is 5.82 Å². The van der Waals surface area contributed by atoms with Crippen molar-refractivity contribution in [3.63, 3.8) is 0 Å².